The van der Waals surface area contributed by atoms with Crippen molar-refractivity contribution < 1.29 is 29.3 Å². The molecule has 1 unspecified atom stereocenters. The SMILES string of the molecule is CCCC(Oc1c(/C=C/C(=O)O)cccc1OC)C(=O)O. The Morgan fingerprint density at radius 3 is 2.57 bits per heavy atom. The Hall–Kier alpha value is -2.50. The highest BCUT2D eigenvalue weighted by Crippen LogP contribution is 2.33. The molecule has 21 heavy (non-hydrogen) atoms. The van der Waals surface area contributed by atoms with Gasteiger partial charge in [-0.2, -0.15) is 0 Å². The van der Waals surface area contributed by atoms with E-state index in [0.717, 1.165) is 6.08 Å². The largest absolute Gasteiger partial charge is 0.493 e. The second kappa shape index (κ2) is 7.94. The molecule has 0 spiro atoms. The fourth-order valence-electron chi connectivity index (χ4n) is 1.75. The van der Waals surface area contributed by atoms with E-state index in [2.05, 4.69) is 0 Å². The Morgan fingerprint density at radius 2 is 2.05 bits per heavy atom. The summed E-state index contributed by atoms with van der Waals surface area (Å²) in [5.41, 5.74) is 0.444. The topological polar surface area (TPSA) is 93.1 Å². The molecule has 0 fully saturated rings. The number of carboxylic acids is 2. The number of benzene rings is 1. The smallest absolute Gasteiger partial charge is 0.344 e. The molecule has 0 aliphatic carbocycles. The van der Waals surface area contributed by atoms with Gasteiger partial charge in [0.2, 0.25) is 0 Å². The van der Waals surface area contributed by atoms with Crippen molar-refractivity contribution in [1.82, 2.24) is 0 Å². The summed E-state index contributed by atoms with van der Waals surface area (Å²) in [6, 6.07) is 4.92. The first kappa shape index (κ1) is 16.6. The van der Waals surface area contributed by atoms with Crippen molar-refractivity contribution in [2.24, 2.45) is 0 Å². The molecule has 1 atom stereocenters. The van der Waals surface area contributed by atoms with Crippen LogP contribution in [0.3, 0.4) is 0 Å². The Labute approximate surface area is 122 Å². The van der Waals surface area contributed by atoms with Crippen molar-refractivity contribution in [3.63, 3.8) is 0 Å². The van der Waals surface area contributed by atoms with Gasteiger partial charge >= 0.3 is 11.9 Å². The Morgan fingerprint density at radius 1 is 1.33 bits per heavy atom. The summed E-state index contributed by atoms with van der Waals surface area (Å²) in [5.74, 6) is -1.61. The van der Waals surface area contributed by atoms with E-state index in [9.17, 15) is 9.59 Å². The molecule has 0 aliphatic rings. The summed E-state index contributed by atoms with van der Waals surface area (Å²) in [7, 11) is 1.43. The first-order chi connectivity index (χ1) is 9.99. The quantitative estimate of drug-likeness (QED) is 0.715. The predicted octanol–water partition coefficient (Wildman–Crippen LogP) is 2.43. The van der Waals surface area contributed by atoms with Crippen LogP contribution in [0.15, 0.2) is 24.3 Å². The van der Waals surface area contributed by atoms with Crippen LogP contribution >= 0.6 is 0 Å². The third-order valence-electron chi connectivity index (χ3n) is 2.72. The number of carboxylic acid groups (broad SMARTS) is 2. The molecule has 0 aromatic heterocycles. The van der Waals surface area contributed by atoms with Gasteiger partial charge in [-0.05, 0) is 18.6 Å². The molecule has 0 amide bonds. The number of hydrogen-bond acceptors (Lipinski definition) is 4. The molecule has 0 saturated carbocycles. The summed E-state index contributed by atoms with van der Waals surface area (Å²) in [6.45, 7) is 1.85. The Bertz CT molecular complexity index is 535. The second-order valence-electron chi connectivity index (χ2n) is 4.28. The molecule has 1 rings (SSSR count). The molecule has 1 aromatic rings. The molecular formula is C15H18O6. The Balaban J connectivity index is 3.17. The van der Waals surface area contributed by atoms with Gasteiger partial charge in [-0.1, -0.05) is 25.5 Å². The van der Waals surface area contributed by atoms with Crippen molar-refractivity contribution in [2.45, 2.75) is 25.9 Å². The number of ether oxygens (including phenoxy) is 2. The first-order valence-electron chi connectivity index (χ1n) is 6.47. The number of carbonyl (C=O) groups is 2. The lowest BCUT2D eigenvalue weighted by Gasteiger charge is -2.18. The molecule has 0 heterocycles. The molecule has 2 N–H and O–H groups in total. The van der Waals surface area contributed by atoms with Crippen LogP contribution in [0.1, 0.15) is 25.3 Å². The maximum Gasteiger partial charge on any atom is 0.344 e. The monoisotopic (exact) mass is 294 g/mol. The molecule has 0 bridgehead atoms. The average molecular weight is 294 g/mol. The molecule has 6 heteroatoms. The fraction of sp³-hybridized carbons (Fsp3) is 0.333. The van der Waals surface area contributed by atoms with Crippen LogP contribution in [0.2, 0.25) is 0 Å². The van der Waals surface area contributed by atoms with E-state index in [-0.39, 0.29) is 5.75 Å². The van der Waals surface area contributed by atoms with E-state index in [1.165, 1.54) is 13.2 Å². The van der Waals surface area contributed by atoms with E-state index in [4.69, 9.17) is 19.7 Å². The van der Waals surface area contributed by atoms with Crippen LogP contribution in [-0.2, 0) is 9.59 Å². The van der Waals surface area contributed by atoms with Gasteiger partial charge in [0.15, 0.2) is 17.6 Å². The molecule has 6 nitrogen and oxygen atoms in total. The maximum atomic E-state index is 11.2. The average Bonchev–Trinajstić information content (AvgIpc) is 2.45. The number of methoxy groups -OCH3 is 1. The summed E-state index contributed by atoms with van der Waals surface area (Å²) in [5, 5.41) is 17.9. The van der Waals surface area contributed by atoms with Crippen LogP contribution in [0.25, 0.3) is 6.08 Å². The summed E-state index contributed by atoms with van der Waals surface area (Å²) < 4.78 is 10.7. The van der Waals surface area contributed by atoms with E-state index in [1.807, 2.05) is 6.92 Å². The van der Waals surface area contributed by atoms with Crippen LogP contribution in [-0.4, -0.2) is 35.4 Å². The van der Waals surface area contributed by atoms with Crippen molar-refractivity contribution in [1.29, 1.82) is 0 Å². The Kier molecular flexibility index (Phi) is 6.26. The van der Waals surface area contributed by atoms with E-state index in [0.29, 0.717) is 24.2 Å². The highest BCUT2D eigenvalue weighted by molar-refractivity contribution is 5.86. The molecule has 0 aliphatic heterocycles. The minimum atomic E-state index is -1.10. The third-order valence-corrected chi connectivity index (χ3v) is 2.72. The fourth-order valence-corrected chi connectivity index (χ4v) is 1.75. The van der Waals surface area contributed by atoms with Crippen LogP contribution in [0, 0.1) is 0 Å². The molecular weight excluding hydrogens is 276 g/mol. The van der Waals surface area contributed by atoms with Gasteiger partial charge in [-0.25, -0.2) is 9.59 Å². The minimum Gasteiger partial charge on any atom is -0.493 e. The summed E-state index contributed by atoms with van der Waals surface area (Å²) in [4.78, 5) is 21.8. The van der Waals surface area contributed by atoms with Gasteiger partial charge in [0.25, 0.3) is 0 Å². The van der Waals surface area contributed by atoms with Gasteiger partial charge in [-0.3, -0.25) is 0 Å². The number of hydrogen-bond donors (Lipinski definition) is 2. The lowest BCUT2D eigenvalue weighted by Crippen LogP contribution is -2.27. The van der Waals surface area contributed by atoms with Crippen LogP contribution in [0.4, 0.5) is 0 Å². The van der Waals surface area contributed by atoms with Crippen molar-refractivity contribution in [2.75, 3.05) is 7.11 Å². The van der Waals surface area contributed by atoms with E-state index < -0.39 is 18.0 Å². The van der Waals surface area contributed by atoms with Crippen LogP contribution in [0.5, 0.6) is 11.5 Å². The molecule has 1 aromatic carbocycles. The zero-order valence-electron chi connectivity index (χ0n) is 11.9. The van der Waals surface area contributed by atoms with Crippen molar-refractivity contribution in [3.8, 4) is 11.5 Å². The summed E-state index contributed by atoms with van der Waals surface area (Å²) in [6.07, 6.45) is 2.27. The number of para-hydroxylation sites is 1. The lowest BCUT2D eigenvalue weighted by atomic mass is 10.1. The number of rotatable bonds is 8. The van der Waals surface area contributed by atoms with Gasteiger partial charge < -0.3 is 19.7 Å². The van der Waals surface area contributed by atoms with Gasteiger partial charge in [0.1, 0.15) is 0 Å². The van der Waals surface area contributed by atoms with E-state index >= 15 is 0 Å². The molecule has 0 radical (unpaired) electrons. The van der Waals surface area contributed by atoms with Crippen LogP contribution < -0.4 is 9.47 Å². The highest BCUT2D eigenvalue weighted by Gasteiger charge is 2.21. The minimum absolute atomic E-state index is 0.221. The van der Waals surface area contributed by atoms with E-state index in [1.54, 1.807) is 18.2 Å². The lowest BCUT2D eigenvalue weighted by molar-refractivity contribution is -0.145. The number of aliphatic carboxylic acids is 2. The van der Waals surface area contributed by atoms with Crippen molar-refractivity contribution in [3.05, 3.63) is 29.8 Å². The normalized spacial score (nSPS) is 12.1. The standard InChI is InChI=1S/C15H18O6/c1-3-5-12(15(18)19)21-14-10(8-9-13(16)17)6-4-7-11(14)20-2/h4,6-9,12H,3,5H2,1-2H3,(H,16,17)(H,18,19)/b9-8+. The third kappa shape index (κ3) is 4.83. The predicted molar refractivity (Wildman–Crippen MR) is 76.6 cm³/mol. The zero-order valence-corrected chi connectivity index (χ0v) is 11.9. The summed E-state index contributed by atoms with van der Waals surface area (Å²) >= 11 is 0. The van der Waals surface area contributed by atoms with Gasteiger partial charge in [-0.15, -0.1) is 0 Å². The zero-order chi connectivity index (χ0) is 15.8. The molecule has 114 valence electrons. The van der Waals surface area contributed by atoms with Crippen molar-refractivity contribution >= 4 is 18.0 Å². The highest BCUT2D eigenvalue weighted by atomic mass is 16.5. The maximum absolute atomic E-state index is 11.2. The molecule has 0 saturated heterocycles. The van der Waals surface area contributed by atoms with Gasteiger partial charge in [0, 0.05) is 11.6 Å². The second-order valence-corrected chi connectivity index (χ2v) is 4.28. The first-order valence-corrected chi connectivity index (χ1v) is 6.47. The van der Waals surface area contributed by atoms with Gasteiger partial charge in [0.05, 0.1) is 7.11 Å².